The average Bonchev–Trinajstić information content (AvgIpc) is 2.88. The number of Topliss-reactive ketones (excluding diaryl/α,β-unsaturated/α-hetero) is 1. The van der Waals surface area contributed by atoms with Gasteiger partial charge in [0, 0.05) is 5.92 Å². The van der Waals surface area contributed by atoms with E-state index < -0.39 is 61.0 Å². The van der Waals surface area contributed by atoms with Crippen LogP contribution in [0.25, 0.3) is 0 Å². The van der Waals surface area contributed by atoms with Crippen LogP contribution in [-0.2, 0) is 19.1 Å². The van der Waals surface area contributed by atoms with Gasteiger partial charge in [0.15, 0.2) is 0 Å². The van der Waals surface area contributed by atoms with E-state index in [2.05, 4.69) is 23.3 Å². The minimum atomic E-state index is -1.25. The number of esters is 1. The summed E-state index contributed by atoms with van der Waals surface area (Å²) in [5.41, 5.74) is -0.00581. The van der Waals surface area contributed by atoms with E-state index in [0.29, 0.717) is 3.38 Å². The monoisotopic (exact) mass is 679 g/mol. The third-order valence-corrected chi connectivity index (χ3v) is 16.2. The average molecular weight is 680 g/mol. The summed E-state index contributed by atoms with van der Waals surface area (Å²) >= 11 is 0.534. The number of nitrogens with zero attached hydrogens (tertiary/aromatic N) is 1. The molecule has 9 heteroatoms. The van der Waals surface area contributed by atoms with Gasteiger partial charge in [0.05, 0.1) is 6.10 Å². The van der Waals surface area contributed by atoms with Gasteiger partial charge in [-0.05, 0) is 5.92 Å². The molecule has 2 aliphatic rings. The molecule has 7 nitrogen and oxygen atoms in total. The molecule has 0 aromatic carbocycles. The van der Waals surface area contributed by atoms with Crippen LogP contribution in [0.15, 0.2) is 26.8 Å². The zero-order valence-electron chi connectivity index (χ0n) is 25.2. The van der Waals surface area contributed by atoms with Crippen molar-refractivity contribution in [3.05, 3.63) is 21.8 Å². The van der Waals surface area contributed by atoms with Gasteiger partial charge in [0.1, 0.15) is 0 Å². The number of ketones is 1. The van der Waals surface area contributed by atoms with Crippen LogP contribution in [0.1, 0.15) is 81.1 Å². The summed E-state index contributed by atoms with van der Waals surface area (Å²) in [6.07, 6.45) is 5.41. The van der Waals surface area contributed by atoms with Crippen LogP contribution >= 0.6 is 31.6 Å². The first-order valence-corrected chi connectivity index (χ1v) is 19.3. The molecular formula is C30H50INO6S. The molecule has 0 aromatic rings. The maximum atomic E-state index is 13.3. The van der Waals surface area contributed by atoms with Crippen LogP contribution in [0.2, 0.25) is 0 Å². The van der Waals surface area contributed by atoms with Crippen LogP contribution in [0.3, 0.4) is 0 Å². The standard InChI is InChI=1S/C30H50INO6S/c1-10-31-15-13-22(32-28(31)39-9)16-20(3)23-18-37-29(5,6)14-11-12-19(2)26(35)21(4)27(36)30(7,8)24(33)17-25(34)38-23/h13,15-16,19,21,23-24,26,28,33,35H,10-12,14,17-18H2,1-9H3/b20-16+/t19-,21+,23-,24-,26-,28?/m0/s1. The fourth-order valence-electron chi connectivity index (χ4n) is 4.90. The maximum absolute atomic E-state index is 13.3. The number of carbonyl (C=O) groups excluding carboxylic acids is 2. The molecule has 0 spiro atoms. The molecule has 1 fully saturated rings. The molecule has 39 heavy (non-hydrogen) atoms. The molecule has 6 atom stereocenters. The molecule has 2 N–H and O–H groups in total. The van der Waals surface area contributed by atoms with E-state index in [-0.39, 0.29) is 24.7 Å². The van der Waals surface area contributed by atoms with E-state index in [1.165, 1.54) is 4.43 Å². The fraction of sp³-hybridized carbons (Fsp3) is 0.767. The van der Waals surface area contributed by atoms with E-state index in [0.717, 1.165) is 30.5 Å². The predicted molar refractivity (Wildman–Crippen MR) is 170 cm³/mol. The van der Waals surface area contributed by atoms with Gasteiger partial charge in [-0.15, -0.1) is 0 Å². The number of cyclic esters (lactones) is 1. The Bertz CT molecular complexity index is 946. The molecule has 2 aliphatic heterocycles. The van der Waals surface area contributed by atoms with Crippen molar-refractivity contribution in [2.24, 2.45) is 22.2 Å². The summed E-state index contributed by atoms with van der Waals surface area (Å²) in [5, 5.41) is 21.8. The van der Waals surface area contributed by atoms with Gasteiger partial charge in [0.25, 0.3) is 0 Å². The molecule has 0 bridgehead atoms. The quantitative estimate of drug-likeness (QED) is 0.164. The third kappa shape index (κ3) is 9.65. The number of allylic oxidation sites excluding steroid dienone is 2. The van der Waals surface area contributed by atoms with Gasteiger partial charge < -0.3 is 5.11 Å². The zero-order valence-corrected chi connectivity index (χ0v) is 28.2. The molecular weight excluding hydrogens is 629 g/mol. The Morgan fingerprint density at radius 2 is 1.90 bits per heavy atom. The first-order valence-electron chi connectivity index (χ1n) is 14.0. The summed E-state index contributed by atoms with van der Waals surface area (Å²) in [6.45, 7) is 15.2. The van der Waals surface area contributed by atoms with Crippen molar-refractivity contribution in [2.75, 3.05) is 17.3 Å². The van der Waals surface area contributed by atoms with Crippen molar-refractivity contribution in [2.45, 2.75) is 108 Å². The molecule has 0 amide bonds. The van der Waals surface area contributed by atoms with Gasteiger partial charge in [-0.2, -0.15) is 0 Å². The van der Waals surface area contributed by atoms with Gasteiger partial charge in [0.2, 0.25) is 0 Å². The Hall–Kier alpha value is -0.750. The molecule has 0 aromatic heterocycles. The first-order chi connectivity index (χ1) is 18.1. The Balaban J connectivity index is 2.34. The Kier molecular flexibility index (Phi) is 13.2. The van der Waals surface area contributed by atoms with Crippen LogP contribution in [0.4, 0.5) is 0 Å². The van der Waals surface area contributed by atoms with Crippen molar-refractivity contribution in [3.63, 3.8) is 0 Å². The number of aliphatic imine (C=N–C) groups is 1. The first kappa shape index (κ1) is 34.5. The topological polar surface area (TPSA) is 105 Å². The van der Waals surface area contributed by atoms with Crippen molar-refractivity contribution in [3.8, 4) is 0 Å². The van der Waals surface area contributed by atoms with Crippen molar-refractivity contribution >= 4 is 49.0 Å². The molecule has 0 aliphatic carbocycles. The third-order valence-electron chi connectivity index (χ3n) is 7.95. The second kappa shape index (κ2) is 14.9. The Labute approximate surface area is 247 Å². The number of alkyl halides is 2. The van der Waals surface area contributed by atoms with Gasteiger partial charge in [-0.25, -0.2) is 0 Å². The number of hydrogen-bond acceptors (Lipinski definition) is 8. The Morgan fingerprint density at radius 3 is 2.51 bits per heavy atom. The van der Waals surface area contributed by atoms with Crippen LogP contribution in [-0.4, -0.2) is 72.3 Å². The van der Waals surface area contributed by atoms with E-state index in [4.69, 9.17) is 14.5 Å². The molecule has 2 heterocycles. The summed E-state index contributed by atoms with van der Waals surface area (Å²) in [7, 11) is 0. The number of ether oxygens (including phenoxy) is 2. The van der Waals surface area contributed by atoms with E-state index in [1.54, 1.807) is 32.5 Å². The number of thioether (sulfide) groups is 1. The van der Waals surface area contributed by atoms with E-state index in [1.807, 2.05) is 33.8 Å². The number of carbonyl (C=O) groups is 2. The predicted octanol–water partition coefficient (Wildman–Crippen LogP) is 5.94. The molecule has 1 unspecified atom stereocenters. The second-order valence-corrected chi connectivity index (χ2v) is 19.6. The van der Waals surface area contributed by atoms with Crippen molar-refractivity contribution in [1.29, 1.82) is 0 Å². The minimum absolute atomic E-state index is 0.0892. The number of rotatable bonds is 4. The number of halogens is 1. The van der Waals surface area contributed by atoms with E-state index in [9.17, 15) is 19.8 Å². The van der Waals surface area contributed by atoms with Gasteiger partial charge in [-0.1, -0.05) is 13.8 Å². The summed E-state index contributed by atoms with van der Waals surface area (Å²) in [4.78, 5) is 31.3. The summed E-state index contributed by atoms with van der Waals surface area (Å²) < 4.78 is 16.0. The zero-order chi connectivity index (χ0) is 29.5. The fourth-order valence-corrected chi connectivity index (χ4v) is 11.7. The SMILES string of the molecule is CCI1C=CC(/C=C(\C)[C@@H]2COC(C)(C)CCC[C@H](C)[C@H](O)[C@@H](C)C(=O)C(C)(C)[C@@H](O)CC(=O)O2)=NC1SC. The molecule has 0 saturated carbocycles. The number of hydrogen-bond donors (Lipinski definition) is 2. The van der Waals surface area contributed by atoms with Crippen molar-refractivity contribution < 1.29 is 29.3 Å². The van der Waals surface area contributed by atoms with E-state index >= 15 is 0 Å². The normalized spacial score (nSPS) is 34.4. The van der Waals surface area contributed by atoms with Gasteiger partial charge in [-0.3, -0.25) is 4.79 Å². The molecule has 0 radical (unpaired) electrons. The Morgan fingerprint density at radius 1 is 1.23 bits per heavy atom. The molecule has 1 saturated heterocycles. The van der Waals surface area contributed by atoms with Crippen LogP contribution in [0, 0.1) is 17.3 Å². The number of aliphatic hydroxyl groups is 2. The second-order valence-electron chi connectivity index (χ2n) is 12.0. The number of aliphatic hydroxyl groups excluding tert-OH is 2. The molecule has 2 rings (SSSR count). The van der Waals surface area contributed by atoms with Crippen LogP contribution < -0.4 is 0 Å². The molecule has 224 valence electrons. The van der Waals surface area contributed by atoms with Gasteiger partial charge >= 0.3 is 206 Å². The van der Waals surface area contributed by atoms with Crippen LogP contribution in [0.5, 0.6) is 0 Å². The summed E-state index contributed by atoms with van der Waals surface area (Å²) in [6, 6.07) is 0. The van der Waals surface area contributed by atoms with Crippen molar-refractivity contribution in [1.82, 2.24) is 0 Å². The summed E-state index contributed by atoms with van der Waals surface area (Å²) in [5.74, 6) is -1.61.